The van der Waals surface area contributed by atoms with E-state index in [1.807, 2.05) is 6.92 Å². The number of thiocarbonyl (C=S) groups is 1. The van der Waals surface area contributed by atoms with Crippen molar-refractivity contribution in [2.75, 3.05) is 17.2 Å². The number of ketones is 1. The molecule has 0 aliphatic carbocycles. The van der Waals surface area contributed by atoms with Crippen LogP contribution in [0.3, 0.4) is 0 Å². The molecule has 0 atom stereocenters. The highest BCUT2D eigenvalue weighted by molar-refractivity contribution is 7.80. The van der Waals surface area contributed by atoms with E-state index in [0.717, 1.165) is 0 Å². The molecule has 10 heteroatoms. The highest BCUT2D eigenvalue weighted by Crippen LogP contribution is 2.34. The molecular formula is C18H16Cl2N6OS. The number of nitrogens with one attached hydrogen (secondary N) is 3. The van der Waals surface area contributed by atoms with Crippen molar-refractivity contribution >= 4 is 74.8 Å². The van der Waals surface area contributed by atoms with E-state index in [4.69, 9.17) is 35.4 Å². The average Bonchev–Trinajstić information content (AvgIpc) is 2.64. The van der Waals surface area contributed by atoms with Crippen molar-refractivity contribution < 1.29 is 4.79 Å². The van der Waals surface area contributed by atoms with Crippen LogP contribution in [0.1, 0.15) is 24.2 Å². The largest absolute Gasteiger partial charge is 0.363 e. The van der Waals surface area contributed by atoms with Gasteiger partial charge in [-0.3, -0.25) is 4.79 Å². The first-order valence-corrected chi connectivity index (χ1v) is 9.49. The van der Waals surface area contributed by atoms with Crippen LogP contribution in [0.4, 0.5) is 17.3 Å². The molecule has 0 bridgehead atoms. The number of rotatable bonds is 5. The Morgan fingerprint density at radius 3 is 2.46 bits per heavy atom. The number of halogens is 2. The third-order valence-electron chi connectivity index (χ3n) is 3.69. The molecule has 0 aliphatic heterocycles. The Hall–Kier alpha value is -2.55. The van der Waals surface area contributed by atoms with Gasteiger partial charge in [-0.2, -0.15) is 0 Å². The van der Waals surface area contributed by atoms with Crippen LogP contribution in [0.2, 0.25) is 10.0 Å². The molecule has 0 spiro atoms. The summed E-state index contributed by atoms with van der Waals surface area (Å²) in [7, 11) is 0. The third kappa shape index (κ3) is 4.64. The molecule has 2 heterocycles. The van der Waals surface area contributed by atoms with Gasteiger partial charge in [-0.25, -0.2) is 15.0 Å². The predicted molar refractivity (Wildman–Crippen MR) is 117 cm³/mol. The fraction of sp³-hybridized carbons (Fsp3) is 0.167. The summed E-state index contributed by atoms with van der Waals surface area (Å²) < 4.78 is 0. The summed E-state index contributed by atoms with van der Waals surface area (Å²) in [4.78, 5) is 24.7. The van der Waals surface area contributed by atoms with Gasteiger partial charge in [0.25, 0.3) is 0 Å². The molecule has 144 valence electrons. The standard InChI is InChI=1S/C18H16Cl2N6OS/c1-3-21-18(28)26-14-5-4-13-17(24-14)25-15(8-22-13)23-16-11(19)6-10(9(2)27)7-12(16)20/h4-8H,3H2,1-2H3,(H3,21,23,24,25,26,28). The minimum absolute atomic E-state index is 0.124. The molecular weight excluding hydrogens is 419 g/mol. The number of fused-ring (bicyclic) bond motifs is 1. The van der Waals surface area contributed by atoms with Gasteiger partial charge in [0, 0.05) is 12.1 Å². The van der Waals surface area contributed by atoms with Crippen molar-refractivity contribution in [3.8, 4) is 0 Å². The van der Waals surface area contributed by atoms with E-state index in [2.05, 4.69) is 30.9 Å². The van der Waals surface area contributed by atoms with E-state index in [1.165, 1.54) is 6.92 Å². The lowest BCUT2D eigenvalue weighted by Gasteiger charge is -2.12. The summed E-state index contributed by atoms with van der Waals surface area (Å²) in [6.45, 7) is 4.10. The number of carbonyl (C=O) groups is 1. The van der Waals surface area contributed by atoms with Crippen LogP contribution in [-0.2, 0) is 0 Å². The maximum Gasteiger partial charge on any atom is 0.182 e. The van der Waals surface area contributed by atoms with Crippen LogP contribution < -0.4 is 16.0 Å². The molecule has 3 rings (SSSR count). The highest BCUT2D eigenvalue weighted by Gasteiger charge is 2.12. The second-order valence-electron chi connectivity index (χ2n) is 5.77. The van der Waals surface area contributed by atoms with E-state index in [-0.39, 0.29) is 5.78 Å². The number of pyridine rings is 1. The van der Waals surface area contributed by atoms with Gasteiger partial charge in [0.1, 0.15) is 11.3 Å². The first-order valence-electron chi connectivity index (χ1n) is 8.33. The number of carbonyl (C=O) groups excluding carboxylic acids is 1. The number of Topliss-reactive ketones (excluding diaryl/α,β-unsaturated/α-hetero) is 1. The normalized spacial score (nSPS) is 10.6. The molecule has 0 radical (unpaired) electrons. The molecule has 3 aromatic rings. The topological polar surface area (TPSA) is 91.8 Å². The second-order valence-corrected chi connectivity index (χ2v) is 7.00. The lowest BCUT2D eigenvalue weighted by Crippen LogP contribution is -2.28. The Kier molecular flexibility index (Phi) is 6.23. The van der Waals surface area contributed by atoms with E-state index in [1.54, 1.807) is 30.5 Å². The molecule has 28 heavy (non-hydrogen) atoms. The van der Waals surface area contributed by atoms with Gasteiger partial charge in [0.2, 0.25) is 0 Å². The predicted octanol–water partition coefficient (Wildman–Crippen LogP) is 4.58. The maximum atomic E-state index is 11.5. The number of hydrogen-bond acceptors (Lipinski definition) is 6. The van der Waals surface area contributed by atoms with Crippen LogP contribution >= 0.6 is 35.4 Å². The van der Waals surface area contributed by atoms with Crippen molar-refractivity contribution in [1.82, 2.24) is 20.3 Å². The molecule has 0 saturated carbocycles. The Morgan fingerprint density at radius 2 is 1.82 bits per heavy atom. The van der Waals surface area contributed by atoms with Crippen molar-refractivity contribution in [2.24, 2.45) is 0 Å². The summed E-state index contributed by atoms with van der Waals surface area (Å²) in [6, 6.07) is 6.66. The fourth-order valence-electron chi connectivity index (χ4n) is 2.37. The highest BCUT2D eigenvalue weighted by atomic mass is 35.5. The van der Waals surface area contributed by atoms with Crippen molar-refractivity contribution in [3.05, 3.63) is 46.1 Å². The summed E-state index contributed by atoms with van der Waals surface area (Å²) in [5.74, 6) is 0.832. The third-order valence-corrected chi connectivity index (χ3v) is 4.53. The Morgan fingerprint density at radius 1 is 1.14 bits per heavy atom. The molecule has 0 saturated heterocycles. The summed E-state index contributed by atoms with van der Waals surface area (Å²) in [6.07, 6.45) is 1.55. The van der Waals surface area contributed by atoms with E-state index in [0.29, 0.717) is 55.8 Å². The van der Waals surface area contributed by atoms with Gasteiger partial charge in [-0.15, -0.1) is 0 Å². The summed E-state index contributed by atoms with van der Waals surface area (Å²) in [5, 5.41) is 10.1. The van der Waals surface area contributed by atoms with Gasteiger partial charge in [-0.05, 0) is 50.3 Å². The Labute approximate surface area is 176 Å². The molecule has 0 aliphatic rings. The molecule has 0 amide bonds. The van der Waals surface area contributed by atoms with E-state index < -0.39 is 0 Å². The van der Waals surface area contributed by atoms with Crippen LogP contribution in [0.5, 0.6) is 0 Å². The molecule has 0 fully saturated rings. The molecule has 2 aromatic heterocycles. The maximum absolute atomic E-state index is 11.5. The molecule has 3 N–H and O–H groups in total. The van der Waals surface area contributed by atoms with Crippen molar-refractivity contribution in [1.29, 1.82) is 0 Å². The zero-order valence-electron chi connectivity index (χ0n) is 15.0. The minimum atomic E-state index is -0.124. The lowest BCUT2D eigenvalue weighted by atomic mass is 10.1. The second kappa shape index (κ2) is 8.64. The van der Waals surface area contributed by atoms with Crippen molar-refractivity contribution in [3.63, 3.8) is 0 Å². The van der Waals surface area contributed by atoms with Gasteiger partial charge >= 0.3 is 0 Å². The fourth-order valence-corrected chi connectivity index (χ4v) is 3.20. The number of aromatic nitrogens is 3. The van der Waals surface area contributed by atoms with E-state index >= 15 is 0 Å². The quantitative estimate of drug-likeness (QED) is 0.396. The minimum Gasteiger partial charge on any atom is -0.363 e. The Bertz CT molecular complexity index is 1050. The van der Waals surface area contributed by atoms with Gasteiger partial charge < -0.3 is 16.0 Å². The van der Waals surface area contributed by atoms with Crippen LogP contribution in [0.15, 0.2) is 30.5 Å². The Balaban J connectivity index is 1.90. The lowest BCUT2D eigenvalue weighted by molar-refractivity contribution is 0.101. The van der Waals surface area contributed by atoms with Gasteiger partial charge in [0.05, 0.1) is 21.9 Å². The van der Waals surface area contributed by atoms with E-state index in [9.17, 15) is 4.79 Å². The smallest absolute Gasteiger partial charge is 0.182 e. The number of benzene rings is 1. The summed E-state index contributed by atoms with van der Waals surface area (Å²) in [5.41, 5.74) is 1.90. The first-order chi connectivity index (χ1) is 13.4. The first kappa shape index (κ1) is 20.2. The van der Waals surface area contributed by atoms with Gasteiger partial charge in [-0.1, -0.05) is 23.2 Å². The SMILES string of the molecule is CCNC(=S)Nc1ccc2ncc(Nc3c(Cl)cc(C(C)=O)cc3Cl)nc2n1. The summed E-state index contributed by atoms with van der Waals surface area (Å²) >= 11 is 17.7. The zero-order valence-corrected chi connectivity index (χ0v) is 17.3. The van der Waals surface area contributed by atoms with Crippen LogP contribution in [-0.4, -0.2) is 32.4 Å². The number of nitrogens with zero attached hydrogens (tertiary/aromatic N) is 3. The molecule has 1 aromatic carbocycles. The monoisotopic (exact) mass is 434 g/mol. The average molecular weight is 435 g/mol. The van der Waals surface area contributed by atoms with Gasteiger partial charge in [0.15, 0.2) is 22.4 Å². The molecule has 7 nitrogen and oxygen atoms in total. The van der Waals surface area contributed by atoms with Crippen molar-refractivity contribution in [2.45, 2.75) is 13.8 Å². The zero-order chi connectivity index (χ0) is 20.3. The molecule has 0 unspecified atom stereocenters. The number of hydrogen-bond donors (Lipinski definition) is 3. The van der Waals surface area contributed by atoms with Crippen LogP contribution in [0, 0.1) is 0 Å². The van der Waals surface area contributed by atoms with Crippen LogP contribution in [0.25, 0.3) is 11.2 Å². The number of anilines is 3.